The van der Waals surface area contributed by atoms with Crippen molar-refractivity contribution in [2.75, 3.05) is 20.3 Å². The second-order valence-electron chi connectivity index (χ2n) is 7.09. The smallest absolute Gasteiger partial charge is 0.340 e. The number of hydrogen-bond donors (Lipinski definition) is 0. The molecule has 0 aliphatic heterocycles. The van der Waals surface area contributed by atoms with Crippen LogP contribution in [0.4, 0.5) is 0 Å². The Labute approximate surface area is 162 Å². The normalized spacial score (nSPS) is 16.5. The van der Waals surface area contributed by atoms with Gasteiger partial charge in [0.25, 0.3) is 0 Å². The Bertz CT molecular complexity index is 974. The first-order chi connectivity index (χ1) is 13.1. The van der Waals surface area contributed by atoms with Crippen LogP contribution in [0.5, 0.6) is 0 Å². The van der Waals surface area contributed by atoms with Gasteiger partial charge < -0.3 is 13.9 Å². The number of carbonyl (C=O) groups excluding carboxylic acids is 1. The first kappa shape index (κ1) is 18.2. The van der Waals surface area contributed by atoms with Crippen molar-refractivity contribution in [2.24, 2.45) is 5.92 Å². The average molecular weight is 385 g/mol. The fourth-order valence-corrected chi connectivity index (χ4v) is 5.23. The number of thiophene rings is 1. The molecule has 0 bridgehead atoms. The molecule has 5 nitrogen and oxygen atoms in total. The molecule has 6 heteroatoms. The van der Waals surface area contributed by atoms with Crippen LogP contribution in [0, 0.1) is 12.8 Å². The van der Waals surface area contributed by atoms with Crippen LogP contribution in [0.2, 0.25) is 0 Å². The molecule has 27 heavy (non-hydrogen) atoms. The summed E-state index contributed by atoms with van der Waals surface area (Å²) in [4.78, 5) is 20.0. The van der Waals surface area contributed by atoms with Gasteiger partial charge in [0.1, 0.15) is 17.2 Å². The minimum absolute atomic E-state index is 0.212. The Morgan fingerprint density at radius 2 is 2.26 bits per heavy atom. The Hall–Kier alpha value is -2.18. The highest BCUT2D eigenvalue weighted by Gasteiger charge is 2.29. The first-order valence-corrected chi connectivity index (χ1v) is 10.1. The molecule has 0 saturated carbocycles. The molecule has 3 heterocycles. The van der Waals surface area contributed by atoms with E-state index in [1.54, 1.807) is 24.7 Å². The summed E-state index contributed by atoms with van der Waals surface area (Å²) in [6, 6.07) is 3.74. The Morgan fingerprint density at radius 1 is 1.41 bits per heavy atom. The second kappa shape index (κ2) is 7.44. The summed E-state index contributed by atoms with van der Waals surface area (Å²) in [6.07, 6.45) is 4.86. The standard InChI is InChI=1S/C21H23NO4S/c1-12-6-7-14-16(11-12)27-20-18(14)19(15-5-4-8-25-15)17(13(2)22-20)21(23)26-10-9-24-3/h4-5,8,12H,6-7,9-11H2,1-3H3. The lowest BCUT2D eigenvalue weighted by molar-refractivity contribution is 0.0387. The Balaban J connectivity index is 1.93. The summed E-state index contributed by atoms with van der Waals surface area (Å²) in [5.41, 5.74) is 3.30. The Morgan fingerprint density at radius 3 is 3.00 bits per heavy atom. The van der Waals surface area contributed by atoms with Gasteiger partial charge in [0.2, 0.25) is 0 Å². The zero-order chi connectivity index (χ0) is 19.0. The number of aromatic nitrogens is 1. The lowest BCUT2D eigenvalue weighted by Crippen LogP contribution is -2.14. The first-order valence-electron chi connectivity index (χ1n) is 9.25. The van der Waals surface area contributed by atoms with Crippen molar-refractivity contribution in [3.8, 4) is 11.3 Å². The zero-order valence-electron chi connectivity index (χ0n) is 15.8. The van der Waals surface area contributed by atoms with Crippen LogP contribution in [0.3, 0.4) is 0 Å². The summed E-state index contributed by atoms with van der Waals surface area (Å²) < 4.78 is 16.2. The lowest BCUT2D eigenvalue weighted by Gasteiger charge is -2.19. The molecule has 1 atom stereocenters. The second-order valence-corrected chi connectivity index (χ2v) is 8.17. The van der Waals surface area contributed by atoms with E-state index in [0.717, 1.165) is 35.0 Å². The van der Waals surface area contributed by atoms with E-state index in [2.05, 4.69) is 6.92 Å². The van der Waals surface area contributed by atoms with Crippen molar-refractivity contribution in [1.29, 1.82) is 0 Å². The predicted octanol–water partition coefficient (Wildman–Crippen LogP) is 4.79. The van der Waals surface area contributed by atoms with Crippen molar-refractivity contribution in [2.45, 2.75) is 33.1 Å². The molecule has 0 fully saturated rings. The van der Waals surface area contributed by atoms with Crippen molar-refractivity contribution in [3.63, 3.8) is 0 Å². The largest absolute Gasteiger partial charge is 0.464 e. The minimum atomic E-state index is -0.380. The number of furan rings is 1. The van der Waals surface area contributed by atoms with E-state index in [0.29, 0.717) is 29.5 Å². The quantitative estimate of drug-likeness (QED) is 0.467. The van der Waals surface area contributed by atoms with Gasteiger partial charge in [-0.25, -0.2) is 9.78 Å². The zero-order valence-corrected chi connectivity index (χ0v) is 16.6. The molecule has 0 saturated heterocycles. The highest BCUT2D eigenvalue weighted by Crippen LogP contribution is 2.44. The van der Waals surface area contributed by atoms with Crippen LogP contribution in [-0.2, 0) is 22.3 Å². The van der Waals surface area contributed by atoms with E-state index in [1.165, 1.54) is 10.4 Å². The number of nitrogens with zero attached hydrogens (tertiary/aromatic N) is 1. The molecule has 0 aromatic carbocycles. The number of pyridine rings is 1. The van der Waals surface area contributed by atoms with Crippen LogP contribution >= 0.6 is 11.3 Å². The van der Waals surface area contributed by atoms with Crippen LogP contribution in [0.1, 0.15) is 39.8 Å². The fourth-order valence-electron chi connectivity index (χ4n) is 3.79. The van der Waals surface area contributed by atoms with E-state index in [4.69, 9.17) is 18.9 Å². The van der Waals surface area contributed by atoms with E-state index in [-0.39, 0.29) is 12.6 Å². The molecule has 1 aliphatic rings. The van der Waals surface area contributed by atoms with Gasteiger partial charge in [0.05, 0.1) is 24.1 Å². The summed E-state index contributed by atoms with van der Waals surface area (Å²) in [6.45, 7) is 4.73. The van der Waals surface area contributed by atoms with E-state index >= 15 is 0 Å². The number of methoxy groups -OCH3 is 1. The SMILES string of the molecule is COCCOC(=O)c1c(C)nc2sc3c(c2c1-c1ccco1)CCC(C)C3. The molecular weight excluding hydrogens is 362 g/mol. The van der Waals surface area contributed by atoms with E-state index in [1.807, 2.05) is 19.1 Å². The van der Waals surface area contributed by atoms with Gasteiger partial charge in [0.15, 0.2) is 0 Å². The highest BCUT2D eigenvalue weighted by atomic mass is 32.1. The molecule has 0 N–H and O–H groups in total. The van der Waals surface area contributed by atoms with Crippen molar-refractivity contribution >= 4 is 27.5 Å². The van der Waals surface area contributed by atoms with Gasteiger partial charge in [-0.3, -0.25) is 0 Å². The molecule has 3 aromatic rings. The number of esters is 1. The van der Waals surface area contributed by atoms with Gasteiger partial charge in [-0.1, -0.05) is 6.92 Å². The van der Waals surface area contributed by atoms with E-state index in [9.17, 15) is 4.79 Å². The molecule has 142 valence electrons. The number of fused-ring (bicyclic) bond motifs is 3. The van der Waals surface area contributed by atoms with Crippen LogP contribution < -0.4 is 0 Å². The van der Waals surface area contributed by atoms with Gasteiger partial charge in [-0.2, -0.15) is 0 Å². The summed E-state index contributed by atoms with van der Waals surface area (Å²) in [5, 5.41) is 1.06. The number of carbonyl (C=O) groups is 1. The average Bonchev–Trinajstić information content (AvgIpc) is 3.27. The predicted molar refractivity (Wildman–Crippen MR) is 105 cm³/mol. The summed E-state index contributed by atoms with van der Waals surface area (Å²) >= 11 is 1.75. The third-order valence-electron chi connectivity index (χ3n) is 5.12. The molecule has 4 rings (SSSR count). The van der Waals surface area contributed by atoms with Crippen molar-refractivity contribution in [1.82, 2.24) is 4.98 Å². The molecular formula is C21H23NO4S. The van der Waals surface area contributed by atoms with Crippen molar-refractivity contribution in [3.05, 3.63) is 40.1 Å². The molecule has 0 amide bonds. The molecule has 0 radical (unpaired) electrons. The van der Waals surface area contributed by atoms with Gasteiger partial charge in [0, 0.05) is 22.9 Å². The number of ether oxygens (including phenoxy) is 2. The van der Waals surface area contributed by atoms with Gasteiger partial charge >= 0.3 is 5.97 Å². The molecule has 1 unspecified atom stereocenters. The number of aryl methyl sites for hydroxylation is 2. The highest BCUT2D eigenvalue weighted by molar-refractivity contribution is 7.19. The summed E-state index contributed by atoms with van der Waals surface area (Å²) in [7, 11) is 1.58. The molecule has 3 aromatic heterocycles. The van der Waals surface area contributed by atoms with Crippen LogP contribution in [-0.4, -0.2) is 31.3 Å². The minimum Gasteiger partial charge on any atom is -0.464 e. The fraction of sp³-hybridized carbons (Fsp3) is 0.429. The van der Waals surface area contributed by atoms with Gasteiger partial charge in [-0.15, -0.1) is 11.3 Å². The topological polar surface area (TPSA) is 61.6 Å². The number of rotatable bonds is 5. The summed E-state index contributed by atoms with van der Waals surface area (Å²) in [5.74, 6) is 0.982. The Kier molecular flexibility index (Phi) is 5.02. The maximum absolute atomic E-state index is 12.9. The van der Waals surface area contributed by atoms with Crippen LogP contribution in [0.15, 0.2) is 22.8 Å². The lowest BCUT2D eigenvalue weighted by atomic mass is 9.87. The monoisotopic (exact) mass is 385 g/mol. The number of hydrogen-bond acceptors (Lipinski definition) is 6. The van der Waals surface area contributed by atoms with Crippen LogP contribution in [0.25, 0.3) is 21.5 Å². The maximum Gasteiger partial charge on any atom is 0.340 e. The molecule has 1 aliphatic carbocycles. The van der Waals surface area contributed by atoms with Gasteiger partial charge in [-0.05, 0) is 49.8 Å². The third-order valence-corrected chi connectivity index (χ3v) is 6.26. The molecule has 0 spiro atoms. The van der Waals surface area contributed by atoms with Crippen molar-refractivity contribution < 1.29 is 18.7 Å². The third kappa shape index (κ3) is 3.28. The maximum atomic E-state index is 12.9. The van der Waals surface area contributed by atoms with E-state index < -0.39 is 0 Å².